The van der Waals surface area contributed by atoms with Gasteiger partial charge in [0.15, 0.2) is 5.65 Å². The maximum atomic E-state index is 13.7. The van der Waals surface area contributed by atoms with Crippen LogP contribution in [0.25, 0.3) is 22.3 Å². The van der Waals surface area contributed by atoms with Crippen molar-refractivity contribution < 1.29 is 13.2 Å². The summed E-state index contributed by atoms with van der Waals surface area (Å²) < 4.78 is 42.7. The summed E-state index contributed by atoms with van der Waals surface area (Å²) in [4.78, 5) is 6.77. The average molecular weight is 404 g/mol. The van der Waals surface area contributed by atoms with Crippen molar-refractivity contribution in [2.45, 2.75) is 52.4 Å². The molecule has 0 amide bonds. The van der Waals surface area contributed by atoms with Crippen LogP contribution < -0.4 is 0 Å². The van der Waals surface area contributed by atoms with Gasteiger partial charge in [-0.15, -0.1) is 0 Å². The summed E-state index contributed by atoms with van der Waals surface area (Å²) in [6.45, 7) is 7.63. The minimum absolute atomic E-state index is 0.0328. The molecular formula is C22H27F3N4. The standard InChI is InChI=1S/C22H27F3N4/c1-5-6-10-28(4)14-16-8-7-9-17(11-16)20-12-19(22(23,24)25)18-13-26-29(15(2)3)21(18)27-20/h7-9,11-13,15H,5-6,10,14H2,1-4H3. The second-order valence-electron chi connectivity index (χ2n) is 7.76. The first-order chi connectivity index (χ1) is 13.7. The van der Waals surface area contributed by atoms with E-state index in [0.717, 1.165) is 37.6 Å². The van der Waals surface area contributed by atoms with Crippen LogP contribution in [0.15, 0.2) is 36.5 Å². The number of rotatable bonds is 7. The van der Waals surface area contributed by atoms with Crippen LogP contribution >= 0.6 is 0 Å². The van der Waals surface area contributed by atoms with Crippen LogP contribution in [-0.2, 0) is 12.7 Å². The first kappa shape index (κ1) is 21.3. The molecule has 3 aromatic rings. The maximum Gasteiger partial charge on any atom is 0.417 e. The predicted molar refractivity (Wildman–Crippen MR) is 110 cm³/mol. The molecule has 7 heteroatoms. The molecule has 0 fully saturated rings. The molecule has 0 atom stereocenters. The van der Waals surface area contributed by atoms with E-state index >= 15 is 0 Å². The van der Waals surface area contributed by atoms with E-state index < -0.39 is 11.7 Å². The Labute approximate surface area is 169 Å². The van der Waals surface area contributed by atoms with Gasteiger partial charge in [-0.2, -0.15) is 18.3 Å². The fourth-order valence-electron chi connectivity index (χ4n) is 3.43. The van der Waals surface area contributed by atoms with Crippen molar-refractivity contribution in [3.05, 3.63) is 47.7 Å². The number of pyridine rings is 1. The molecule has 0 aliphatic heterocycles. The summed E-state index contributed by atoms with van der Waals surface area (Å²) in [5, 5.41) is 4.17. The van der Waals surface area contributed by atoms with Gasteiger partial charge in [0.2, 0.25) is 0 Å². The van der Waals surface area contributed by atoms with E-state index in [4.69, 9.17) is 0 Å². The number of hydrogen-bond donors (Lipinski definition) is 0. The molecule has 0 saturated heterocycles. The molecule has 0 saturated carbocycles. The number of benzene rings is 1. The van der Waals surface area contributed by atoms with Gasteiger partial charge in [0.1, 0.15) is 0 Å². The van der Waals surface area contributed by atoms with Crippen molar-refractivity contribution in [3.63, 3.8) is 0 Å². The fraction of sp³-hybridized carbons (Fsp3) is 0.455. The third-order valence-corrected chi connectivity index (χ3v) is 4.93. The molecule has 0 aliphatic carbocycles. The van der Waals surface area contributed by atoms with Gasteiger partial charge in [-0.1, -0.05) is 31.5 Å². The smallest absolute Gasteiger partial charge is 0.302 e. The fourth-order valence-corrected chi connectivity index (χ4v) is 3.43. The highest BCUT2D eigenvalue weighted by atomic mass is 19.4. The van der Waals surface area contributed by atoms with E-state index in [9.17, 15) is 13.2 Å². The Morgan fingerprint density at radius 1 is 1.17 bits per heavy atom. The highest BCUT2D eigenvalue weighted by Gasteiger charge is 2.34. The minimum atomic E-state index is -4.47. The molecule has 0 radical (unpaired) electrons. The van der Waals surface area contributed by atoms with E-state index in [2.05, 4.69) is 29.0 Å². The highest BCUT2D eigenvalue weighted by Crippen LogP contribution is 2.37. The van der Waals surface area contributed by atoms with Gasteiger partial charge < -0.3 is 4.90 Å². The van der Waals surface area contributed by atoms with Crippen LogP contribution in [0, 0.1) is 0 Å². The van der Waals surface area contributed by atoms with E-state index in [1.165, 1.54) is 10.9 Å². The Hall–Kier alpha value is -2.41. The molecule has 2 aromatic heterocycles. The lowest BCUT2D eigenvalue weighted by Crippen LogP contribution is -2.18. The Kier molecular flexibility index (Phi) is 6.27. The lowest BCUT2D eigenvalue weighted by Gasteiger charge is -2.17. The van der Waals surface area contributed by atoms with Crippen LogP contribution in [0.3, 0.4) is 0 Å². The monoisotopic (exact) mass is 404 g/mol. The first-order valence-corrected chi connectivity index (χ1v) is 9.94. The molecule has 156 valence electrons. The molecule has 0 spiro atoms. The number of nitrogens with zero attached hydrogens (tertiary/aromatic N) is 4. The number of hydrogen-bond acceptors (Lipinski definition) is 3. The number of unbranched alkanes of at least 4 members (excludes halogenated alkanes) is 1. The summed E-state index contributed by atoms with van der Waals surface area (Å²) in [6.07, 6.45) is -0.979. The Morgan fingerprint density at radius 2 is 1.93 bits per heavy atom. The third-order valence-electron chi connectivity index (χ3n) is 4.93. The van der Waals surface area contributed by atoms with Crippen molar-refractivity contribution in [2.24, 2.45) is 0 Å². The van der Waals surface area contributed by atoms with Gasteiger partial charge >= 0.3 is 6.18 Å². The van der Waals surface area contributed by atoms with Crippen LogP contribution in [0.4, 0.5) is 13.2 Å². The molecule has 0 aliphatic rings. The van der Waals surface area contributed by atoms with Crippen molar-refractivity contribution >= 4 is 11.0 Å². The number of halogens is 3. The lowest BCUT2D eigenvalue weighted by molar-refractivity contribution is -0.136. The van der Waals surface area contributed by atoms with Crippen LogP contribution in [0.1, 0.15) is 50.8 Å². The normalized spacial score (nSPS) is 12.4. The molecule has 29 heavy (non-hydrogen) atoms. The molecule has 3 rings (SSSR count). The Morgan fingerprint density at radius 3 is 2.59 bits per heavy atom. The van der Waals surface area contributed by atoms with Gasteiger partial charge in [-0.3, -0.25) is 0 Å². The lowest BCUT2D eigenvalue weighted by atomic mass is 10.0. The first-order valence-electron chi connectivity index (χ1n) is 9.94. The van der Waals surface area contributed by atoms with E-state index in [1.807, 2.05) is 32.0 Å². The quantitative estimate of drug-likeness (QED) is 0.489. The van der Waals surface area contributed by atoms with Crippen LogP contribution in [-0.4, -0.2) is 33.3 Å². The zero-order chi connectivity index (χ0) is 21.2. The van der Waals surface area contributed by atoms with Gasteiger partial charge in [0.25, 0.3) is 0 Å². The zero-order valence-corrected chi connectivity index (χ0v) is 17.3. The van der Waals surface area contributed by atoms with E-state index in [0.29, 0.717) is 11.3 Å². The zero-order valence-electron chi connectivity index (χ0n) is 17.3. The SMILES string of the molecule is CCCCN(C)Cc1cccc(-c2cc(C(F)(F)F)c3cnn(C(C)C)c3n2)c1. The van der Waals surface area contributed by atoms with Crippen molar-refractivity contribution in [2.75, 3.05) is 13.6 Å². The number of alkyl halides is 3. The molecule has 0 bridgehead atoms. The highest BCUT2D eigenvalue weighted by molar-refractivity contribution is 5.83. The summed E-state index contributed by atoms with van der Waals surface area (Å²) in [5.41, 5.74) is 1.60. The van der Waals surface area contributed by atoms with Crippen LogP contribution in [0.5, 0.6) is 0 Å². The second kappa shape index (κ2) is 8.53. The summed E-state index contributed by atoms with van der Waals surface area (Å²) >= 11 is 0. The Bertz CT molecular complexity index is 976. The van der Waals surface area contributed by atoms with Gasteiger partial charge in [0.05, 0.1) is 22.8 Å². The Balaban J connectivity index is 2.05. The average Bonchev–Trinajstić information content (AvgIpc) is 3.09. The summed E-state index contributed by atoms with van der Waals surface area (Å²) in [7, 11) is 2.05. The predicted octanol–water partition coefficient (Wildman–Crippen LogP) is 5.93. The molecular weight excluding hydrogens is 377 g/mol. The molecule has 1 aromatic carbocycles. The maximum absolute atomic E-state index is 13.7. The van der Waals surface area contributed by atoms with Crippen molar-refractivity contribution in [3.8, 4) is 11.3 Å². The molecule has 0 unspecified atom stereocenters. The van der Waals surface area contributed by atoms with Crippen molar-refractivity contribution in [1.82, 2.24) is 19.7 Å². The largest absolute Gasteiger partial charge is 0.417 e. The van der Waals surface area contributed by atoms with Crippen LogP contribution in [0.2, 0.25) is 0 Å². The second-order valence-corrected chi connectivity index (χ2v) is 7.76. The minimum Gasteiger partial charge on any atom is -0.302 e. The molecule has 2 heterocycles. The summed E-state index contributed by atoms with van der Waals surface area (Å²) in [6, 6.07) is 8.64. The summed E-state index contributed by atoms with van der Waals surface area (Å²) in [5.74, 6) is 0. The number of aromatic nitrogens is 3. The van der Waals surface area contributed by atoms with E-state index in [-0.39, 0.29) is 17.1 Å². The topological polar surface area (TPSA) is 34.0 Å². The number of fused-ring (bicyclic) bond motifs is 1. The third kappa shape index (κ3) is 4.78. The van der Waals surface area contributed by atoms with Gasteiger partial charge in [-0.05, 0) is 51.6 Å². The van der Waals surface area contributed by atoms with Crippen molar-refractivity contribution in [1.29, 1.82) is 0 Å². The van der Waals surface area contributed by atoms with E-state index in [1.54, 1.807) is 6.07 Å². The van der Waals surface area contributed by atoms with Gasteiger partial charge in [0, 0.05) is 18.2 Å². The molecule has 0 N–H and O–H groups in total. The molecule has 4 nitrogen and oxygen atoms in total. The van der Waals surface area contributed by atoms with Gasteiger partial charge in [-0.25, -0.2) is 9.67 Å².